The van der Waals surface area contributed by atoms with E-state index >= 15 is 0 Å². The summed E-state index contributed by atoms with van der Waals surface area (Å²) >= 11 is 0. The maximum Gasteiger partial charge on any atom is 0.155 e. The van der Waals surface area contributed by atoms with Crippen LogP contribution in [0.15, 0.2) is 91.0 Å². The Balaban J connectivity index is 1.44. The number of hydrogen-bond acceptors (Lipinski definition) is 5. The Morgan fingerprint density at radius 1 is 0.857 bits per heavy atom. The van der Waals surface area contributed by atoms with E-state index in [0.29, 0.717) is 12.1 Å². The van der Waals surface area contributed by atoms with Crippen LogP contribution in [0.4, 0.5) is 0 Å². The molecular weight excluding hydrogens is 432 g/mol. The molecule has 2 saturated heterocycles. The largest absolute Gasteiger partial charge is 0.308 e. The second-order valence-corrected chi connectivity index (χ2v) is 9.94. The highest BCUT2D eigenvalue weighted by Gasteiger charge is 2.60. The maximum atomic E-state index is 4.50. The number of hydrogen-bond donors (Lipinski definition) is 1. The fourth-order valence-electron chi connectivity index (χ4n) is 6.55. The first-order valence-electron chi connectivity index (χ1n) is 12.6. The van der Waals surface area contributed by atoms with Crippen LogP contribution < -0.4 is 5.32 Å². The lowest BCUT2D eigenvalue weighted by Crippen LogP contribution is -2.60. The van der Waals surface area contributed by atoms with Crippen LogP contribution in [-0.4, -0.2) is 37.2 Å². The van der Waals surface area contributed by atoms with Gasteiger partial charge in [0, 0.05) is 38.1 Å². The maximum absolute atomic E-state index is 4.50. The molecule has 6 nitrogen and oxygen atoms in total. The van der Waals surface area contributed by atoms with E-state index in [9.17, 15) is 0 Å². The van der Waals surface area contributed by atoms with Gasteiger partial charge >= 0.3 is 0 Å². The first-order chi connectivity index (χ1) is 17.3. The molecule has 0 unspecified atom stereocenters. The summed E-state index contributed by atoms with van der Waals surface area (Å²) in [6, 6.07) is 33.4. The van der Waals surface area contributed by atoms with Gasteiger partial charge in [0.15, 0.2) is 5.82 Å². The molecule has 0 amide bonds. The van der Waals surface area contributed by atoms with E-state index < -0.39 is 0 Å². The SMILES string of the molecule is Cn1nnnc1[C@@H]1C[C@@]2(c3ccccc3)[C@H](NCc3ccccc3)CC[C@@H]1N2Cc1ccccc1. The predicted molar refractivity (Wildman–Crippen MR) is 136 cm³/mol. The van der Waals surface area contributed by atoms with Crippen LogP contribution in [0.25, 0.3) is 0 Å². The van der Waals surface area contributed by atoms with Crippen molar-refractivity contribution in [1.29, 1.82) is 0 Å². The van der Waals surface area contributed by atoms with Crippen LogP contribution in [-0.2, 0) is 25.7 Å². The zero-order valence-electron chi connectivity index (χ0n) is 20.2. The Hall–Kier alpha value is -3.35. The van der Waals surface area contributed by atoms with Gasteiger partial charge in [0.05, 0.1) is 5.54 Å². The van der Waals surface area contributed by atoms with Crippen molar-refractivity contribution in [2.24, 2.45) is 7.05 Å². The Morgan fingerprint density at radius 2 is 1.51 bits per heavy atom. The van der Waals surface area contributed by atoms with Gasteiger partial charge in [0.2, 0.25) is 0 Å². The molecule has 4 atom stereocenters. The Kier molecular flexibility index (Phi) is 5.92. The van der Waals surface area contributed by atoms with Crippen molar-refractivity contribution in [3.63, 3.8) is 0 Å². The van der Waals surface area contributed by atoms with E-state index in [1.54, 1.807) is 0 Å². The summed E-state index contributed by atoms with van der Waals surface area (Å²) in [5, 5.41) is 16.7. The highest BCUT2D eigenvalue weighted by molar-refractivity contribution is 5.35. The fraction of sp³-hybridized carbons (Fsp3) is 0.345. The monoisotopic (exact) mass is 464 g/mol. The number of piperidine rings is 1. The molecule has 0 aliphatic carbocycles. The average molecular weight is 465 g/mol. The second-order valence-electron chi connectivity index (χ2n) is 9.94. The normalized spacial score (nSPS) is 26.1. The number of nitrogens with zero attached hydrogens (tertiary/aromatic N) is 5. The third kappa shape index (κ3) is 3.97. The molecule has 4 aromatic rings. The van der Waals surface area contributed by atoms with Crippen molar-refractivity contribution in [3.8, 4) is 0 Å². The molecule has 3 heterocycles. The molecule has 1 N–H and O–H groups in total. The molecule has 2 bridgehead atoms. The molecule has 2 aliphatic heterocycles. The molecule has 0 radical (unpaired) electrons. The third-order valence-electron chi connectivity index (χ3n) is 8.09. The van der Waals surface area contributed by atoms with Crippen LogP contribution in [0.1, 0.15) is 47.7 Å². The van der Waals surface area contributed by atoms with Crippen molar-refractivity contribution in [2.45, 2.75) is 55.9 Å². The summed E-state index contributed by atoms with van der Waals surface area (Å²) < 4.78 is 1.87. The smallest absolute Gasteiger partial charge is 0.155 e. The first kappa shape index (κ1) is 22.1. The molecule has 6 heteroatoms. The molecule has 2 fully saturated rings. The molecule has 0 saturated carbocycles. The Bertz CT molecular complexity index is 1240. The Morgan fingerprint density at radius 3 is 2.17 bits per heavy atom. The van der Waals surface area contributed by atoms with Crippen LogP contribution in [0, 0.1) is 0 Å². The molecule has 2 aliphatic rings. The van der Waals surface area contributed by atoms with Gasteiger partial charge in [-0.3, -0.25) is 4.90 Å². The minimum absolute atomic E-state index is 0.147. The number of rotatable bonds is 7. The van der Waals surface area contributed by atoms with E-state index in [1.165, 1.54) is 16.7 Å². The number of fused-ring (bicyclic) bond motifs is 2. The van der Waals surface area contributed by atoms with Crippen molar-refractivity contribution in [2.75, 3.05) is 0 Å². The lowest BCUT2D eigenvalue weighted by Gasteiger charge is -2.51. The summed E-state index contributed by atoms with van der Waals surface area (Å²) in [5.74, 6) is 1.28. The lowest BCUT2D eigenvalue weighted by atomic mass is 9.76. The number of aromatic nitrogens is 4. The van der Waals surface area contributed by atoms with Gasteiger partial charge in [0.1, 0.15) is 0 Å². The number of tetrazole rings is 1. The van der Waals surface area contributed by atoms with Gasteiger partial charge in [0.25, 0.3) is 0 Å². The van der Waals surface area contributed by atoms with Gasteiger partial charge in [-0.05, 0) is 46.4 Å². The van der Waals surface area contributed by atoms with Crippen LogP contribution in [0.3, 0.4) is 0 Å². The third-order valence-corrected chi connectivity index (χ3v) is 8.09. The van der Waals surface area contributed by atoms with Gasteiger partial charge < -0.3 is 5.32 Å². The zero-order valence-corrected chi connectivity index (χ0v) is 20.2. The standard InChI is InChI=1S/C29H32N6/c1-34-28(31-32-33-34)25-19-29(24-15-9-4-10-16-24)27(30-20-22-11-5-2-6-12-22)18-17-26(25)35(29)21-23-13-7-3-8-14-23/h2-16,25-27,30H,17-21H2,1H3/t25-,26+,27-,29-/m1/s1. The Labute approximate surface area is 207 Å². The first-order valence-corrected chi connectivity index (χ1v) is 12.6. The van der Waals surface area contributed by atoms with Crippen LogP contribution >= 0.6 is 0 Å². The minimum Gasteiger partial charge on any atom is -0.308 e. The summed E-state index contributed by atoms with van der Waals surface area (Å²) in [6.45, 7) is 1.77. The molecule has 6 rings (SSSR count). The van der Waals surface area contributed by atoms with E-state index in [0.717, 1.165) is 38.2 Å². The second kappa shape index (κ2) is 9.36. The van der Waals surface area contributed by atoms with Crippen molar-refractivity contribution < 1.29 is 0 Å². The van der Waals surface area contributed by atoms with Gasteiger partial charge in [-0.1, -0.05) is 91.0 Å². The molecule has 35 heavy (non-hydrogen) atoms. The molecule has 1 aromatic heterocycles. The number of benzene rings is 3. The topological polar surface area (TPSA) is 58.9 Å². The average Bonchev–Trinajstić information content (AvgIpc) is 3.42. The van der Waals surface area contributed by atoms with E-state index in [1.807, 2.05) is 11.7 Å². The van der Waals surface area contributed by atoms with Crippen LogP contribution in [0.2, 0.25) is 0 Å². The number of nitrogens with one attached hydrogen (secondary N) is 1. The summed E-state index contributed by atoms with van der Waals surface area (Å²) in [5.41, 5.74) is 3.90. The van der Waals surface area contributed by atoms with Gasteiger partial charge in [-0.15, -0.1) is 5.10 Å². The lowest BCUT2D eigenvalue weighted by molar-refractivity contribution is 0.00968. The van der Waals surface area contributed by atoms with Gasteiger partial charge in [-0.25, -0.2) is 4.68 Å². The van der Waals surface area contributed by atoms with Gasteiger partial charge in [-0.2, -0.15) is 0 Å². The van der Waals surface area contributed by atoms with Crippen molar-refractivity contribution in [3.05, 3.63) is 114 Å². The van der Waals surface area contributed by atoms with Crippen molar-refractivity contribution >= 4 is 0 Å². The van der Waals surface area contributed by atoms with Crippen molar-refractivity contribution in [1.82, 2.24) is 30.4 Å². The highest BCUT2D eigenvalue weighted by atomic mass is 15.5. The van der Waals surface area contributed by atoms with Crippen LogP contribution in [0.5, 0.6) is 0 Å². The summed E-state index contributed by atoms with van der Waals surface area (Å²) in [6.07, 6.45) is 3.24. The fourth-order valence-corrected chi connectivity index (χ4v) is 6.55. The summed E-state index contributed by atoms with van der Waals surface area (Å²) in [4.78, 5) is 2.77. The predicted octanol–water partition coefficient (Wildman–Crippen LogP) is 4.42. The molecule has 0 spiro atoms. The molecular formula is C29H32N6. The zero-order chi connectivity index (χ0) is 23.7. The van der Waals surface area contributed by atoms with E-state index in [2.05, 4.69) is 117 Å². The minimum atomic E-state index is -0.147. The molecule has 3 aromatic carbocycles. The van der Waals surface area contributed by atoms with E-state index in [4.69, 9.17) is 0 Å². The quantitative estimate of drug-likeness (QED) is 0.439. The number of aryl methyl sites for hydroxylation is 1. The highest BCUT2D eigenvalue weighted by Crippen LogP contribution is 2.56. The summed E-state index contributed by atoms with van der Waals surface area (Å²) in [7, 11) is 1.97. The van der Waals surface area contributed by atoms with E-state index in [-0.39, 0.29) is 11.5 Å². The molecule has 178 valence electrons.